The minimum atomic E-state index is -0.603. The third-order valence-electron chi connectivity index (χ3n) is 2.70. The maximum Gasteiger partial charge on any atom is 0.345 e. The van der Waals surface area contributed by atoms with Gasteiger partial charge in [-0.3, -0.25) is 4.98 Å². The number of hydrogen-bond acceptors (Lipinski definition) is 6. The number of esters is 2. The van der Waals surface area contributed by atoms with Crippen molar-refractivity contribution in [3.8, 4) is 5.88 Å². The number of nitrogens with zero attached hydrogens (tertiary/aromatic N) is 2. The predicted molar refractivity (Wildman–Crippen MR) is 69.5 cm³/mol. The third-order valence-corrected chi connectivity index (χ3v) is 2.70. The zero-order chi connectivity index (χ0) is 14.5. The number of methoxy groups -OCH3 is 1. The zero-order valence-corrected chi connectivity index (χ0v) is 11.0. The quantitative estimate of drug-likeness (QED) is 0.793. The van der Waals surface area contributed by atoms with Crippen molar-refractivity contribution < 1.29 is 19.1 Å². The van der Waals surface area contributed by atoms with Crippen LogP contribution in [-0.4, -0.2) is 29.0 Å². The highest BCUT2D eigenvalue weighted by Crippen LogP contribution is 2.16. The van der Waals surface area contributed by atoms with Gasteiger partial charge in [0.15, 0.2) is 0 Å². The van der Waals surface area contributed by atoms with E-state index in [-0.39, 0.29) is 11.4 Å². The first-order chi connectivity index (χ1) is 9.63. The van der Waals surface area contributed by atoms with Crippen LogP contribution in [0.25, 0.3) is 0 Å². The summed E-state index contributed by atoms with van der Waals surface area (Å²) < 4.78 is 9.74. The largest absolute Gasteiger partial charge is 0.465 e. The van der Waals surface area contributed by atoms with Gasteiger partial charge in [0.05, 0.1) is 24.4 Å². The topological polar surface area (TPSA) is 78.4 Å². The van der Waals surface area contributed by atoms with Crippen molar-refractivity contribution in [2.45, 2.75) is 6.92 Å². The van der Waals surface area contributed by atoms with Crippen LogP contribution in [0.4, 0.5) is 0 Å². The van der Waals surface area contributed by atoms with Gasteiger partial charge in [-0.05, 0) is 24.6 Å². The average molecular weight is 272 g/mol. The summed E-state index contributed by atoms with van der Waals surface area (Å²) >= 11 is 0. The van der Waals surface area contributed by atoms with E-state index < -0.39 is 11.9 Å². The van der Waals surface area contributed by atoms with E-state index in [0.717, 1.165) is 0 Å². The van der Waals surface area contributed by atoms with Crippen LogP contribution in [0.15, 0.2) is 36.8 Å². The molecule has 2 rings (SSSR count). The van der Waals surface area contributed by atoms with Crippen LogP contribution in [-0.2, 0) is 4.74 Å². The molecule has 1 aromatic heterocycles. The van der Waals surface area contributed by atoms with Crippen molar-refractivity contribution in [1.29, 1.82) is 0 Å². The van der Waals surface area contributed by atoms with E-state index in [1.807, 2.05) is 0 Å². The van der Waals surface area contributed by atoms with Crippen molar-refractivity contribution in [3.63, 3.8) is 0 Å². The van der Waals surface area contributed by atoms with Gasteiger partial charge in [0.2, 0.25) is 5.88 Å². The second-order valence-electron chi connectivity index (χ2n) is 3.90. The molecule has 0 bridgehead atoms. The van der Waals surface area contributed by atoms with Gasteiger partial charge in [-0.2, -0.15) is 0 Å². The highest BCUT2D eigenvalue weighted by molar-refractivity contribution is 5.98. The molecular weight excluding hydrogens is 260 g/mol. The Morgan fingerprint density at radius 3 is 2.40 bits per heavy atom. The van der Waals surface area contributed by atoms with Crippen LogP contribution < -0.4 is 4.74 Å². The predicted octanol–water partition coefficient (Wildman–Crippen LogP) is 1.79. The number of rotatable bonds is 3. The summed E-state index contributed by atoms with van der Waals surface area (Å²) in [6, 6.07) is 4.74. The van der Waals surface area contributed by atoms with E-state index >= 15 is 0 Å². The van der Waals surface area contributed by atoms with Crippen LogP contribution in [0.1, 0.15) is 26.3 Å². The molecule has 6 nitrogen and oxygen atoms in total. The fraction of sp³-hybridized carbons (Fsp3) is 0.143. The molecule has 2 aromatic rings. The summed E-state index contributed by atoms with van der Waals surface area (Å²) in [4.78, 5) is 31.3. The standard InChI is InChI=1S/C14H12N2O4/c1-9-10(13(17)19-2)4-3-5-11(9)14(18)20-12-8-15-6-7-16-12/h3-8H,1-2H3. The van der Waals surface area contributed by atoms with Gasteiger partial charge >= 0.3 is 11.9 Å². The van der Waals surface area contributed by atoms with E-state index in [2.05, 4.69) is 14.7 Å². The van der Waals surface area contributed by atoms with Crippen molar-refractivity contribution >= 4 is 11.9 Å². The first kappa shape index (κ1) is 13.7. The van der Waals surface area contributed by atoms with Gasteiger partial charge in [-0.15, -0.1) is 0 Å². The molecule has 0 saturated carbocycles. The molecule has 0 unspecified atom stereocenters. The molecule has 102 valence electrons. The molecule has 0 aliphatic heterocycles. The lowest BCUT2D eigenvalue weighted by atomic mass is 10.0. The van der Waals surface area contributed by atoms with Crippen LogP contribution in [0.2, 0.25) is 0 Å². The van der Waals surface area contributed by atoms with Gasteiger partial charge < -0.3 is 9.47 Å². The summed E-state index contributed by atoms with van der Waals surface area (Å²) in [7, 11) is 1.28. The van der Waals surface area contributed by atoms with E-state index in [4.69, 9.17) is 4.74 Å². The summed E-state index contributed by atoms with van der Waals surface area (Å²) in [6.45, 7) is 1.65. The lowest BCUT2D eigenvalue weighted by Crippen LogP contribution is -2.14. The van der Waals surface area contributed by atoms with E-state index in [1.165, 1.54) is 25.7 Å². The molecule has 1 aromatic carbocycles. The first-order valence-corrected chi connectivity index (χ1v) is 5.79. The highest BCUT2D eigenvalue weighted by atomic mass is 16.5. The highest BCUT2D eigenvalue weighted by Gasteiger charge is 2.18. The number of carbonyl (C=O) groups is 2. The Labute approximate surface area is 115 Å². The number of aromatic nitrogens is 2. The Balaban J connectivity index is 2.29. The van der Waals surface area contributed by atoms with Crippen molar-refractivity contribution in [1.82, 2.24) is 9.97 Å². The van der Waals surface area contributed by atoms with E-state index in [0.29, 0.717) is 11.1 Å². The van der Waals surface area contributed by atoms with Crippen LogP contribution >= 0.6 is 0 Å². The molecule has 0 saturated heterocycles. The number of ether oxygens (including phenoxy) is 2. The molecule has 6 heteroatoms. The van der Waals surface area contributed by atoms with Crippen molar-refractivity contribution in [2.24, 2.45) is 0 Å². The molecule has 0 N–H and O–H groups in total. The van der Waals surface area contributed by atoms with E-state index in [1.54, 1.807) is 25.1 Å². The molecular formula is C14H12N2O4. The van der Waals surface area contributed by atoms with Gasteiger partial charge in [0, 0.05) is 12.4 Å². The van der Waals surface area contributed by atoms with Crippen LogP contribution in [0.3, 0.4) is 0 Å². The average Bonchev–Trinajstić information content (AvgIpc) is 2.47. The molecule has 0 atom stereocenters. The molecule has 0 aliphatic rings. The Bertz CT molecular complexity index is 641. The number of hydrogen-bond donors (Lipinski definition) is 0. The number of benzene rings is 1. The summed E-state index contributed by atoms with van der Waals surface area (Å²) in [6.07, 6.45) is 4.22. The molecule has 0 fully saturated rings. The Morgan fingerprint density at radius 2 is 1.80 bits per heavy atom. The number of carbonyl (C=O) groups excluding carboxylic acids is 2. The van der Waals surface area contributed by atoms with Gasteiger partial charge in [0.1, 0.15) is 0 Å². The van der Waals surface area contributed by atoms with Crippen molar-refractivity contribution in [2.75, 3.05) is 7.11 Å². The Morgan fingerprint density at radius 1 is 1.10 bits per heavy atom. The van der Waals surface area contributed by atoms with Crippen LogP contribution in [0.5, 0.6) is 5.88 Å². The maximum absolute atomic E-state index is 12.1. The lowest BCUT2D eigenvalue weighted by Gasteiger charge is -2.09. The summed E-state index contributed by atoms with van der Waals surface area (Å²) in [5.74, 6) is -1.01. The molecule has 0 radical (unpaired) electrons. The fourth-order valence-electron chi connectivity index (χ4n) is 1.68. The van der Waals surface area contributed by atoms with Gasteiger partial charge in [-0.1, -0.05) is 6.07 Å². The second kappa shape index (κ2) is 5.92. The smallest absolute Gasteiger partial charge is 0.345 e. The monoisotopic (exact) mass is 272 g/mol. The second-order valence-corrected chi connectivity index (χ2v) is 3.90. The minimum absolute atomic E-state index is 0.0976. The van der Waals surface area contributed by atoms with Crippen LogP contribution in [0, 0.1) is 6.92 Å². The molecule has 1 heterocycles. The molecule has 0 spiro atoms. The SMILES string of the molecule is COC(=O)c1cccc(C(=O)Oc2cnccn2)c1C. The Kier molecular flexibility index (Phi) is 4.05. The molecule has 0 amide bonds. The van der Waals surface area contributed by atoms with E-state index in [9.17, 15) is 9.59 Å². The zero-order valence-electron chi connectivity index (χ0n) is 11.0. The first-order valence-electron chi connectivity index (χ1n) is 5.79. The van der Waals surface area contributed by atoms with Crippen molar-refractivity contribution in [3.05, 3.63) is 53.5 Å². The summed E-state index contributed by atoms with van der Waals surface area (Å²) in [5.41, 5.74) is 1.09. The van der Waals surface area contributed by atoms with Gasteiger partial charge in [0.25, 0.3) is 0 Å². The minimum Gasteiger partial charge on any atom is -0.465 e. The molecule has 0 aliphatic carbocycles. The fourth-order valence-corrected chi connectivity index (χ4v) is 1.68. The molecule has 20 heavy (non-hydrogen) atoms. The normalized spacial score (nSPS) is 9.90. The third kappa shape index (κ3) is 2.80. The lowest BCUT2D eigenvalue weighted by molar-refractivity contribution is 0.0600. The summed E-state index contributed by atoms with van der Waals surface area (Å²) in [5, 5.41) is 0. The maximum atomic E-state index is 12.1. The van der Waals surface area contributed by atoms with Gasteiger partial charge in [-0.25, -0.2) is 14.6 Å². The Hall–Kier alpha value is -2.76.